The maximum Gasteiger partial charge on any atom is 0.418 e. The van der Waals surface area contributed by atoms with Gasteiger partial charge in [-0.25, -0.2) is 0 Å². The maximum atomic E-state index is 13.1. The third-order valence-electron chi connectivity index (χ3n) is 3.81. The fourth-order valence-electron chi connectivity index (χ4n) is 2.56. The summed E-state index contributed by atoms with van der Waals surface area (Å²) in [6.07, 6.45) is -9.47. The number of rotatable bonds is 1. The second-order valence-electron chi connectivity index (χ2n) is 5.30. The molecule has 0 saturated carbocycles. The number of nitrogens with two attached hydrogens (primary N) is 2. The molecule has 0 spiro atoms. The summed E-state index contributed by atoms with van der Waals surface area (Å²) in [5, 5.41) is 0. The van der Waals surface area contributed by atoms with Gasteiger partial charge >= 0.3 is 12.4 Å². The van der Waals surface area contributed by atoms with Crippen molar-refractivity contribution in [2.45, 2.75) is 25.2 Å². The fraction of sp³-hybridized carbons (Fsp3) is 0.538. The SMILES string of the molecule is Nc1cc(N2CCC(C(F)(F)F)CC2)c(C(F)(F)F)cc1N. The number of nitrogens with zero attached hydrogens (tertiary/aromatic N) is 1. The number of piperidine rings is 1. The molecule has 1 aliphatic rings. The van der Waals surface area contributed by atoms with Crippen molar-refractivity contribution in [2.24, 2.45) is 5.92 Å². The van der Waals surface area contributed by atoms with Crippen LogP contribution in [0.1, 0.15) is 18.4 Å². The average Bonchev–Trinajstić information content (AvgIpc) is 2.39. The normalized spacial score (nSPS) is 17.8. The summed E-state index contributed by atoms with van der Waals surface area (Å²) in [6, 6.07) is 1.80. The highest BCUT2D eigenvalue weighted by atomic mass is 19.4. The van der Waals surface area contributed by atoms with Crippen LogP contribution in [0.4, 0.5) is 43.4 Å². The Kier molecular flexibility index (Phi) is 4.09. The van der Waals surface area contributed by atoms with E-state index in [1.54, 1.807) is 0 Å². The second kappa shape index (κ2) is 5.44. The van der Waals surface area contributed by atoms with Crippen molar-refractivity contribution in [3.63, 3.8) is 0 Å². The lowest BCUT2D eigenvalue weighted by Gasteiger charge is -2.35. The summed E-state index contributed by atoms with van der Waals surface area (Å²) in [5.41, 5.74) is 9.50. The summed E-state index contributed by atoms with van der Waals surface area (Å²) in [7, 11) is 0. The highest BCUT2D eigenvalue weighted by Crippen LogP contribution is 2.42. The van der Waals surface area contributed by atoms with Gasteiger partial charge in [0.2, 0.25) is 0 Å². The molecular weight excluding hydrogens is 312 g/mol. The molecule has 3 nitrogen and oxygen atoms in total. The third kappa shape index (κ3) is 3.33. The van der Waals surface area contributed by atoms with Crippen LogP contribution in [0.25, 0.3) is 0 Å². The van der Waals surface area contributed by atoms with E-state index in [9.17, 15) is 26.3 Å². The molecule has 2 rings (SSSR count). The number of alkyl halides is 6. The van der Waals surface area contributed by atoms with Gasteiger partial charge in [-0.05, 0) is 25.0 Å². The van der Waals surface area contributed by atoms with Gasteiger partial charge in [0, 0.05) is 13.1 Å². The fourth-order valence-corrected chi connectivity index (χ4v) is 2.56. The molecule has 0 radical (unpaired) electrons. The van der Waals surface area contributed by atoms with Crippen molar-refractivity contribution >= 4 is 17.1 Å². The van der Waals surface area contributed by atoms with Gasteiger partial charge in [-0.3, -0.25) is 0 Å². The van der Waals surface area contributed by atoms with Crippen LogP contribution in [0.5, 0.6) is 0 Å². The Morgan fingerprint density at radius 3 is 1.86 bits per heavy atom. The molecule has 0 bridgehead atoms. The minimum Gasteiger partial charge on any atom is -0.397 e. The second-order valence-corrected chi connectivity index (χ2v) is 5.30. The standard InChI is InChI=1S/C13H15F6N3/c14-12(15,16)7-1-3-22(4-2-7)11-6-10(21)9(20)5-8(11)13(17,18)19/h5-7H,1-4,20-21H2. The van der Waals surface area contributed by atoms with E-state index < -0.39 is 23.8 Å². The molecule has 1 aliphatic heterocycles. The zero-order valence-corrected chi connectivity index (χ0v) is 11.4. The lowest BCUT2D eigenvalue weighted by molar-refractivity contribution is -0.179. The monoisotopic (exact) mass is 327 g/mol. The number of hydrogen-bond acceptors (Lipinski definition) is 3. The molecule has 1 aromatic rings. The zero-order valence-electron chi connectivity index (χ0n) is 11.4. The van der Waals surface area contributed by atoms with Crippen molar-refractivity contribution < 1.29 is 26.3 Å². The molecule has 1 aromatic carbocycles. The van der Waals surface area contributed by atoms with Crippen LogP contribution >= 0.6 is 0 Å². The number of halogens is 6. The lowest BCUT2D eigenvalue weighted by Crippen LogP contribution is -2.39. The number of hydrogen-bond donors (Lipinski definition) is 2. The average molecular weight is 327 g/mol. The summed E-state index contributed by atoms with van der Waals surface area (Å²) in [5.74, 6) is -1.48. The van der Waals surface area contributed by atoms with Gasteiger partial charge in [-0.1, -0.05) is 0 Å². The molecule has 124 valence electrons. The Morgan fingerprint density at radius 1 is 0.909 bits per heavy atom. The van der Waals surface area contributed by atoms with Gasteiger partial charge in [0.15, 0.2) is 0 Å². The smallest absolute Gasteiger partial charge is 0.397 e. The van der Waals surface area contributed by atoms with Crippen LogP contribution in [-0.2, 0) is 6.18 Å². The molecule has 0 amide bonds. The first-order valence-corrected chi connectivity index (χ1v) is 6.58. The summed E-state index contributed by atoms with van der Waals surface area (Å²) >= 11 is 0. The van der Waals surface area contributed by atoms with Crippen molar-refractivity contribution in [1.82, 2.24) is 0 Å². The molecule has 0 atom stereocenters. The highest BCUT2D eigenvalue weighted by Gasteiger charge is 2.42. The molecule has 0 aliphatic carbocycles. The van der Waals surface area contributed by atoms with E-state index in [2.05, 4.69) is 0 Å². The number of nitrogen functional groups attached to an aromatic ring is 2. The Labute approximate surface area is 122 Å². The Balaban J connectivity index is 2.29. The van der Waals surface area contributed by atoms with Gasteiger partial charge in [0.05, 0.1) is 28.5 Å². The first-order chi connectivity index (χ1) is 10.00. The van der Waals surface area contributed by atoms with Gasteiger partial charge in [-0.2, -0.15) is 26.3 Å². The lowest BCUT2D eigenvalue weighted by atomic mass is 9.95. The summed E-state index contributed by atoms with van der Waals surface area (Å²) in [4.78, 5) is 1.28. The van der Waals surface area contributed by atoms with Crippen molar-refractivity contribution in [3.05, 3.63) is 17.7 Å². The summed E-state index contributed by atoms with van der Waals surface area (Å²) in [6.45, 7) is -0.229. The third-order valence-corrected chi connectivity index (χ3v) is 3.81. The molecule has 4 N–H and O–H groups in total. The van der Waals surface area contributed by atoms with Crippen molar-refractivity contribution in [3.8, 4) is 0 Å². The zero-order chi connectivity index (χ0) is 16.7. The number of anilines is 3. The molecule has 1 heterocycles. The van der Waals surface area contributed by atoms with Crippen LogP contribution < -0.4 is 16.4 Å². The predicted octanol–water partition coefficient (Wildman–Crippen LogP) is 3.65. The minimum absolute atomic E-state index is 0.0269. The van der Waals surface area contributed by atoms with Crippen LogP contribution in [0.3, 0.4) is 0 Å². The Hall–Kier alpha value is -1.80. The molecule has 22 heavy (non-hydrogen) atoms. The van der Waals surface area contributed by atoms with Gasteiger partial charge < -0.3 is 16.4 Å². The van der Waals surface area contributed by atoms with Crippen molar-refractivity contribution in [1.29, 1.82) is 0 Å². The molecule has 1 fully saturated rings. The Morgan fingerprint density at radius 2 is 1.41 bits per heavy atom. The van der Waals surface area contributed by atoms with E-state index in [1.807, 2.05) is 0 Å². The van der Waals surface area contributed by atoms with E-state index in [1.165, 1.54) is 4.90 Å². The van der Waals surface area contributed by atoms with E-state index in [0.717, 1.165) is 12.1 Å². The van der Waals surface area contributed by atoms with Crippen LogP contribution in [0, 0.1) is 5.92 Å². The molecular formula is C13H15F6N3. The first kappa shape index (κ1) is 16.6. The maximum absolute atomic E-state index is 13.1. The van der Waals surface area contributed by atoms with E-state index in [4.69, 9.17) is 11.5 Å². The number of benzene rings is 1. The topological polar surface area (TPSA) is 55.3 Å². The van der Waals surface area contributed by atoms with Gasteiger partial charge in [0.1, 0.15) is 0 Å². The van der Waals surface area contributed by atoms with E-state index >= 15 is 0 Å². The van der Waals surface area contributed by atoms with E-state index in [-0.39, 0.29) is 43.0 Å². The van der Waals surface area contributed by atoms with E-state index in [0.29, 0.717) is 0 Å². The van der Waals surface area contributed by atoms with Crippen LogP contribution in [0.2, 0.25) is 0 Å². The van der Waals surface area contributed by atoms with Crippen LogP contribution in [-0.4, -0.2) is 19.3 Å². The molecule has 0 aromatic heterocycles. The Bertz CT molecular complexity index is 544. The summed E-state index contributed by atoms with van der Waals surface area (Å²) < 4.78 is 77.1. The highest BCUT2D eigenvalue weighted by molar-refractivity contribution is 5.73. The minimum atomic E-state index is -4.65. The molecule has 1 saturated heterocycles. The molecule has 9 heteroatoms. The van der Waals surface area contributed by atoms with Gasteiger partial charge in [-0.15, -0.1) is 0 Å². The largest absolute Gasteiger partial charge is 0.418 e. The molecule has 0 unspecified atom stereocenters. The quantitative estimate of drug-likeness (QED) is 0.611. The van der Waals surface area contributed by atoms with Crippen LogP contribution in [0.15, 0.2) is 12.1 Å². The van der Waals surface area contributed by atoms with Crippen molar-refractivity contribution in [2.75, 3.05) is 29.5 Å². The predicted molar refractivity (Wildman–Crippen MR) is 71.3 cm³/mol. The first-order valence-electron chi connectivity index (χ1n) is 6.58. The van der Waals surface area contributed by atoms with Gasteiger partial charge in [0.25, 0.3) is 0 Å².